The zero-order valence-electron chi connectivity index (χ0n) is 26.8. The van der Waals surface area contributed by atoms with Gasteiger partial charge in [-0.05, 0) is 85.7 Å². The molecule has 0 heterocycles. The molecule has 4 aromatic carbocycles. The van der Waals surface area contributed by atoms with Crippen molar-refractivity contribution in [3.05, 3.63) is 136 Å². The van der Waals surface area contributed by atoms with Gasteiger partial charge in [-0.3, -0.25) is 9.59 Å². The van der Waals surface area contributed by atoms with Crippen LogP contribution < -0.4 is 16.0 Å². The first kappa shape index (κ1) is 34.4. The maximum Gasteiger partial charge on any atom is 0.251 e. The normalized spacial score (nSPS) is 12.7. The van der Waals surface area contributed by atoms with Crippen molar-refractivity contribution in [3.63, 3.8) is 0 Å². The Kier molecular flexibility index (Phi) is 12.1. The van der Waals surface area contributed by atoms with Gasteiger partial charge in [-0.2, -0.15) is 0 Å². The fraction of sp³-hybridized carbons (Fsp3) is 0.316. The standard InChI is InChI=1S/C38H45N3O5/c1-26(39-24-35(44)32-16-17-34(43)33(21-32)25-42)18-29-10-7-11-30(19-29)20-36(45)40-23-28-12-14-31(15-13-28)37(46)41-38(2,3)22-27-8-5-4-6-9-27/h4-17,19,21,26,35,39,42-44H,18,20,22-25H2,1-3H3,(H,40,45)(H,41,46)/t26-,35+/m1/s1. The van der Waals surface area contributed by atoms with Gasteiger partial charge in [0.1, 0.15) is 5.75 Å². The fourth-order valence-electron chi connectivity index (χ4n) is 5.41. The number of phenols is 1. The maximum absolute atomic E-state index is 12.9. The molecule has 8 nitrogen and oxygen atoms in total. The number of rotatable bonds is 15. The molecule has 4 rings (SSSR count). The number of hydrogen-bond acceptors (Lipinski definition) is 6. The van der Waals surface area contributed by atoms with E-state index in [0.717, 1.165) is 28.7 Å². The molecular weight excluding hydrogens is 578 g/mol. The van der Waals surface area contributed by atoms with Crippen molar-refractivity contribution in [3.8, 4) is 5.75 Å². The average molecular weight is 624 g/mol. The van der Waals surface area contributed by atoms with Crippen LogP contribution in [0.3, 0.4) is 0 Å². The van der Waals surface area contributed by atoms with Crippen molar-refractivity contribution >= 4 is 11.8 Å². The molecule has 0 saturated heterocycles. The number of aromatic hydroxyl groups is 1. The molecule has 0 bridgehead atoms. The molecule has 0 aliphatic heterocycles. The predicted octanol–water partition coefficient (Wildman–Crippen LogP) is 4.75. The molecule has 0 aliphatic carbocycles. The van der Waals surface area contributed by atoms with Gasteiger partial charge in [0.2, 0.25) is 5.91 Å². The van der Waals surface area contributed by atoms with Crippen molar-refractivity contribution < 1.29 is 24.9 Å². The molecule has 2 amide bonds. The first-order valence-corrected chi connectivity index (χ1v) is 15.7. The van der Waals surface area contributed by atoms with E-state index in [1.807, 2.05) is 75.4 Å². The Morgan fingerprint density at radius 3 is 2.24 bits per heavy atom. The van der Waals surface area contributed by atoms with Crippen LogP contribution in [-0.4, -0.2) is 45.3 Å². The number of aliphatic hydroxyl groups is 2. The van der Waals surface area contributed by atoms with E-state index in [-0.39, 0.29) is 36.6 Å². The third kappa shape index (κ3) is 10.5. The Morgan fingerprint density at radius 2 is 1.52 bits per heavy atom. The largest absolute Gasteiger partial charge is 0.508 e. The lowest BCUT2D eigenvalue weighted by Gasteiger charge is -2.26. The Morgan fingerprint density at radius 1 is 0.826 bits per heavy atom. The monoisotopic (exact) mass is 623 g/mol. The van der Waals surface area contributed by atoms with Crippen LogP contribution in [0.1, 0.15) is 70.6 Å². The van der Waals surface area contributed by atoms with Crippen LogP contribution in [0.25, 0.3) is 0 Å². The Hall–Kier alpha value is -4.50. The van der Waals surface area contributed by atoms with Gasteiger partial charge >= 0.3 is 0 Å². The summed E-state index contributed by atoms with van der Waals surface area (Å²) >= 11 is 0. The number of nitrogens with one attached hydrogen (secondary N) is 3. The van der Waals surface area contributed by atoms with Crippen LogP contribution in [-0.2, 0) is 37.2 Å². The molecule has 0 radical (unpaired) electrons. The molecule has 0 fully saturated rings. The van der Waals surface area contributed by atoms with Gasteiger partial charge in [-0.25, -0.2) is 0 Å². The second-order valence-electron chi connectivity index (χ2n) is 12.5. The predicted molar refractivity (Wildman–Crippen MR) is 180 cm³/mol. The van der Waals surface area contributed by atoms with Crippen molar-refractivity contribution in [2.45, 2.75) is 70.9 Å². The number of carbonyl (C=O) groups excluding carboxylic acids is 2. The van der Waals surface area contributed by atoms with Gasteiger partial charge in [-0.1, -0.05) is 72.8 Å². The number of carbonyl (C=O) groups is 2. The fourth-order valence-corrected chi connectivity index (χ4v) is 5.41. The van der Waals surface area contributed by atoms with Gasteiger partial charge in [0, 0.05) is 35.8 Å². The molecule has 0 unspecified atom stereocenters. The highest BCUT2D eigenvalue weighted by Crippen LogP contribution is 2.22. The average Bonchev–Trinajstić information content (AvgIpc) is 3.03. The van der Waals surface area contributed by atoms with Crippen molar-refractivity contribution in [1.82, 2.24) is 16.0 Å². The summed E-state index contributed by atoms with van der Waals surface area (Å²) in [5.74, 6) is -0.221. The lowest BCUT2D eigenvalue weighted by molar-refractivity contribution is -0.120. The summed E-state index contributed by atoms with van der Waals surface area (Å²) in [5.41, 5.74) is 5.22. The minimum atomic E-state index is -0.784. The molecule has 6 N–H and O–H groups in total. The van der Waals surface area contributed by atoms with Gasteiger partial charge in [0.15, 0.2) is 0 Å². The third-order valence-electron chi connectivity index (χ3n) is 7.86. The molecular formula is C38H45N3O5. The van der Waals surface area contributed by atoms with Gasteiger partial charge in [-0.15, -0.1) is 0 Å². The van der Waals surface area contributed by atoms with Gasteiger partial charge < -0.3 is 31.3 Å². The van der Waals surface area contributed by atoms with Crippen LogP contribution >= 0.6 is 0 Å². The van der Waals surface area contributed by atoms with Gasteiger partial charge in [0.05, 0.1) is 19.1 Å². The van der Waals surface area contributed by atoms with Crippen molar-refractivity contribution in [2.75, 3.05) is 6.54 Å². The number of amides is 2. The van der Waals surface area contributed by atoms with E-state index in [1.54, 1.807) is 24.3 Å². The number of aliphatic hydroxyl groups excluding tert-OH is 2. The zero-order chi connectivity index (χ0) is 33.1. The summed E-state index contributed by atoms with van der Waals surface area (Å²) < 4.78 is 0. The molecule has 0 aliphatic rings. The van der Waals surface area contributed by atoms with E-state index in [0.29, 0.717) is 36.2 Å². The van der Waals surface area contributed by atoms with E-state index < -0.39 is 11.6 Å². The lowest BCUT2D eigenvalue weighted by Crippen LogP contribution is -2.45. The van der Waals surface area contributed by atoms with Crippen LogP contribution in [0.4, 0.5) is 0 Å². The zero-order valence-corrected chi connectivity index (χ0v) is 26.8. The van der Waals surface area contributed by atoms with E-state index in [1.165, 1.54) is 6.07 Å². The topological polar surface area (TPSA) is 131 Å². The number of hydrogen-bond donors (Lipinski definition) is 6. The maximum atomic E-state index is 12.9. The molecule has 0 spiro atoms. The first-order valence-electron chi connectivity index (χ1n) is 15.7. The van der Waals surface area contributed by atoms with Crippen LogP contribution in [0.15, 0.2) is 97.1 Å². The molecule has 4 aromatic rings. The quantitative estimate of drug-likeness (QED) is 0.113. The molecule has 242 valence electrons. The molecule has 8 heteroatoms. The summed E-state index contributed by atoms with van der Waals surface area (Å²) in [4.78, 5) is 25.6. The minimum Gasteiger partial charge on any atom is -0.508 e. The second-order valence-corrected chi connectivity index (χ2v) is 12.5. The number of benzene rings is 4. The van der Waals surface area contributed by atoms with E-state index >= 15 is 0 Å². The van der Waals surface area contributed by atoms with Crippen LogP contribution in [0.5, 0.6) is 5.75 Å². The highest BCUT2D eigenvalue weighted by molar-refractivity contribution is 5.94. The highest BCUT2D eigenvalue weighted by Gasteiger charge is 2.22. The van der Waals surface area contributed by atoms with Crippen LogP contribution in [0.2, 0.25) is 0 Å². The smallest absolute Gasteiger partial charge is 0.251 e. The van der Waals surface area contributed by atoms with Crippen LogP contribution in [0, 0.1) is 0 Å². The summed E-state index contributed by atoms with van der Waals surface area (Å²) in [6.07, 6.45) is 0.902. The molecule has 0 saturated carbocycles. The summed E-state index contributed by atoms with van der Waals surface area (Å²) in [5, 5.41) is 39.1. The van der Waals surface area contributed by atoms with E-state index in [9.17, 15) is 24.9 Å². The third-order valence-corrected chi connectivity index (χ3v) is 7.86. The summed E-state index contributed by atoms with van der Waals surface area (Å²) in [7, 11) is 0. The highest BCUT2D eigenvalue weighted by atomic mass is 16.3. The van der Waals surface area contributed by atoms with E-state index in [4.69, 9.17) is 0 Å². The second kappa shape index (κ2) is 16.2. The summed E-state index contributed by atoms with van der Waals surface area (Å²) in [6.45, 7) is 6.43. The molecule has 2 atom stereocenters. The van der Waals surface area contributed by atoms with Gasteiger partial charge in [0.25, 0.3) is 5.91 Å². The minimum absolute atomic E-state index is 0.00273. The molecule has 46 heavy (non-hydrogen) atoms. The first-order chi connectivity index (χ1) is 22.0. The Labute approximate surface area is 271 Å². The van der Waals surface area contributed by atoms with Crippen molar-refractivity contribution in [2.24, 2.45) is 0 Å². The Balaban J connectivity index is 1.21. The SMILES string of the molecule is C[C@H](Cc1cccc(CC(=O)NCc2ccc(C(=O)NC(C)(C)Cc3ccccc3)cc2)c1)NC[C@H](O)c1ccc(O)c(CO)c1. The lowest BCUT2D eigenvalue weighted by atomic mass is 9.94. The van der Waals surface area contributed by atoms with E-state index in [2.05, 4.69) is 28.1 Å². The summed E-state index contributed by atoms with van der Waals surface area (Å²) in [6, 6.07) is 30.1. The molecule has 0 aromatic heterocycles. The van der Waals surface area contributed by atoms with Crippen molar-refractivity contribution in [1.29, 1.82) is 0 Å². The Bertz CT molecular complexity index is 1590.